The van der Waals surface area contributed by atoms with E-state index in [0.29, 0.717) is 74.4 Å². The minimum Gasteiger partial charge on any atom is -0.507 e. The Kier molecular flexibility index (Phi) is 8.39. The van der Waals surface area contributed by atoms with E-state index in [9.17, 15) is 14.7 Å². The van der Waals surface area contributed by atoms with Gasteiger partial charge in [-0.05, 0) is 47.9 Å². The number of benzene rings is 3. The van der Waals surface area contributed by atoms with Crippen LogP contribution < -0.4 is 14.2 Å². The number of fused-ring (bicyclic) bond motifs is 1. The van der Waals surface area contributed by atoms with Gasteiger partial charge in [-0.2, -0.15) is 0 Å². The number of aliphatic hydroxyl groups is 1. The average molecular weight is 571 g/mol. The van der Waals surface area contributed by atoms with Crippen LogP contribution in [0.2, 0.25) is 0 Å². The predicted octanol–water partition coefficient (Wildman–Crippen LogP) is 4.18. The standard InChI is InChI=1S/C33H34N2O7/c36-31(25-10-11-27-28(21-25)41-19-18-40-27)29-30(24-8-4-9-26(20-24)42-22-23-6-2-1-3-7-23)35(33(38)32(29)37)13-5-12-34-14-16-39-17-15-34/h1-4,6-11,20-21,30,36H,5,12-19,22H2/b31-29+/t30-/m1/s1. The van der Waals surface area contributed by atoms with Crippen LogP contribution in [0.3, 0.4) is 0 Å². The number of carbonyl (C=O) groups is 2. The molecule has 0 spiro atoms. The third-order valence-corrected chi connectivity index (χ3v) is 7.75. The number of aliphatic hydroxyl groups excluding tert-OH is 1. The van der Waals surface area contributed by atoms with Crippen molar-refractivity contribution >= 4 is 17.4 Å². The summed E-state index contributed by atoms with van der Waals surface area (Å²) < 4.78 is 22.8. The highest BCUT2D eigenvalue weighted by molar-refractivity contribution is 6.46. The zero-order valence-electron chi connectivity index (χ0n) is 23.4. The van der Waals surface area contributed by atoms with Crippen molar-refractivity contribution in [3.63, 3.8) is 0 Å². The number of ketones is 1. The fourth-order valence-corrected chi connectivity index (χ4v) is 5.61. The molecule has 218 valence electrons. The normalized spacial score (nSPS) is 20.1. The van der Waals surface area contributed by atoms with Crippen LogP contribution in [-0.2, 0) is 20.9 Å². The van der Waals surface area contributed by atoms with Crippen LogP contribution in [-0.4, -0.2) is 79.2 Å². The highest BCUT2D eigenvalue weighted by atomic mass is 16.6. The first-order chi connectivity index (χ1) is 20.6. The summed E-state index contributed by atoms with van der Waals surface area (Å²) in [6.07, 6.45) is 0.678. The minimum atomic E-state index is -0.775. The van der Waals surface area contributed by atoms with Crippen LogP contribution in [0.25, 0.3) is 5.76 Å². The second-order valence-corrected chi connectivity index (χ2v) is 10.5. The number of ether oxygens (including phenoxy) is 4. The maximum atomic E-state index is 13.5. The third-order valence-electron chi connectivity index (χ3n) is 7.75. The van der Waals surface area contributed by atoms with E-state index in [0.717, 1.165) is 25.2 Å². The summed E-state index contributed by atoms with van der Waals surface area (Å²) in [5.41, 5.74) is 2.14. The zero-order chi connectivity index (χ0) is 28.9. The summed E-state index contributed by atoms with van der Waals surface area (Å²) in [4.78, 5) is 30.9. The fraction of sp³-hybridized carbons (Fsp3) is 0.333. The lowest BCUT2D eigenvalue weighted by Gasteiger charge is -2.29. The van der Waals surface area contributed by atoms with E-state index in [1.807, 2.05) is 54.6 Å². The molecule has 0 saturated carbocycles. The van der Waals surface area contributed by atoms with Crippen molar-refractivity contribution in [2.45, 2.75) is 19.1 Å². The van der Waals surface area contributed by atoms with E-state index >= 15 is 0 Å². The molecule has 1 amide bonds. The number of carbonyl (C=O) groups excluding carboxylic acids is 2. The number of nitrogens with zero attached hydrogens (tertiary/aromatic N) is 2. The van der Waals surface area contributed by atoms with E-state index in [1.165, 1.54) is 0 Å². The summed E-state index contributed by atoms with van der Waals surface area (Å²) in [6.45, 7) is 5.41. The lowest BCUT2D eigenvalue weighted by molar-refractivity contribution is -0.140. The first-order valence-electron chi connectivity index (χ1n) is 14.3. The smallest absolute Gasteiger partial charge is 0.295 e. The second-order valence-electron chi connectivity index (χ2n) is 10.5. The molecular formula is C33H34N2O7. The van der Waals surface area contributed by atoms with Gasteiger partial charge in [0.25, 0.3) is 11.7 Å². The van der Waals surface area contributed by atoms with Gasteiger partial charge in [0.05, 0.1) is 24.8 Å². The van der Waals surface area contributed by atoms with Crippen LogP contribution in [0.4, 0.5) is 0 Å². The molecule has 6 rings (SSSR count). The molecule has 0 unspecified atom stereocenters. The van der Waals surface area contributed by atoms with Crippen molar-refractivity contribution in [3.8, 4) is 17.2 Å². The molecule has 9 nitrogen and oxygen atoms in total. The molecule has 3 aromatic rings. The Bertz CT molecular complexity index is 1470. The molecule has 3 aromatic carbocycles. The topological polar surface area (TPSA) is 97.8 Å². The quantitative estimate of drug-likeness (QED) is 0.233. The van der Waals surface area contributed by atoms with Crippen molar-refractivity contribution in [1.29, 1.82) is 0 Å². The zero-order valence-corrected chi connectivity index (χ0v) is 23.4. The number of morpholine rings is 1. The summed E-state index contributed by atoms with van der Waals surface area (Å²) in [5.74, 6) is 0.0707. The fourth-order valence-electron chi connectivity index (χ4n) is 5.61. The van der Waals surface area contributed by atoms with Gasteiger partial charge >= 0.3 is 0 Å². The molecule has 2 saturated heterocycles. The van der Waals surface area contributed by atoms with Crippen LogP contribution in [0, 0.1) is 0 Å². The Morgan fingerprint density at radius 2 is 1.64 bits per heavy atom. The largest absolute Gasteiger partial charge is 0.507 e. The van der Waals surface area contributed by atoms with Crippen molar-refractivity contribution in [2.75, 3.05) is 52.6 Å². The Morgan fingerprint density at radius 3 is 2.45 bits per heavy atom. The molecular weight excluding hydrogens is 536 g/mol. The molecule has 2 fully saturated rings. The number of amides is 1. The number of likely N-dealkylation sites (tertiary alicyclic amines) is 1. The van der Waals surface area contributed by atoms with Crippen LogP contribution >= 0.6 is 0 Å². The van der Waals surface area contributed by atoms with Crippen molar-refractivity contribution in [3.05, 3.63) is 95.1 Å². The minimum absolute atomic E-state index is 0.0447. The Labute approximate surface area is 244 Å². The van der Waals surface area contributed by atoms with Crippen molar-refractivity contribution < 1.29 is 33.6 Å². The van der Waals surface area contributed by atoms with Crippen molar-refractivity contribution in [1.82, 2.24) is 9.80 Å². The molecule has 1 N–H and O–H groups in total. The molecule has 3 heterocycles. The van der Waals surface area contributed by atoms with E-state index in [2.05, 4.69) is 4.90 Å². The molecule has 1 atom stereocenters. The summed E-state index contributed by atoms with van der Waals surface area (Å²) >= 11 is 0. The first kappa shape index (κ1) is 27.8. The van der Waals surface area contributed by atoms with Gasteiger partial charge in [-0.3, -0.25) is 14.5 Å². The SMILES string of the molecule is O=C1C(=O)N(CCCN2CCOCC2)[C@H](c2cccc(OCc3ccccc3)c2)/C1=C(\O)c1ccc2c(c1)OCCO2. The predicted molar refractivity (Wildman–Crippen MR) is 156 cm³/mol. The van der Waals surface area contributed by atoms with Gasteiger partial charge in [-0.25, -0.2) is 0 Å². The van der Waals surface area contributed by atoms with Gasteiger partial charge < -0.3 is 29.0 Å². The third kappa shape index (κ3) is 5.98. The van der Waals surface area contributed by atoms with Crippen LogP contribution in [0.1, 0.15) is 29.2 Å². The Balaban J connectivity index is 1.32. The molecule has 0 aliphatic carbocycles. The van der Waals surface area contributed by atoms with Gasteiger partial charge in [-0.15, -0.1) is 0 Å². The molecule has 3 aliphatic rings. The molecule has 0 bridgehead atoms. The molecule has 0 radical (unpaired) electrons. The van der Waals surface area contributed by atoms with E-state index < -0.39 is 17.7 Å². The van der Waals surface area contributed by atoms with Gasteiger partial charge in [0.1, 0.15) is 31.3 Å². The highest BCUT2D eigenvalue weighted by Gasteiger charge is 2.46. The number of Topliss-reactive ketones (excluding diaryl/α,β-unsaturated/α-hetero) is 1. The van der Waals surface area contributed by atoms with E-state index in [1.54, 1.807) is 23.1 Å². The first-order valence-corrected chi connectivity index (χ1v) is 14.3. The molecule has 3 aliphatic heterocycles. The number of rotatable bonds is 9. The second kappa shape index (κ2) is 12.7. The summed E-state index contributed by atoms with van der Waals surface area (Å²) in [5, 5.41) is 11.5. The van der Waals surface area contributed by atoms with E-state index in [-0.39, 0.29) is 11.3 Å². The van der Waals surface area contributed by atoms with Gasteiger partial charge in [0.2, 0.25) is 0 Å². The Morgan fingerprint density at radius 1 is 0.857 bits per heavy atom. The van der Waals surface area contributed by atoms with Crippen LogP contribution in [0.15, 0.2) is 78.4 Å². The molecule has 0 aromatic heterocycles. The lowest BCUT2D eigenvalue weighted by Crippen LogP contribution is -2.38. The average Bonchev–Trinajstić information content (AvgIpc) is 3.29. The monoisotopic (exact) mass is 570 g/mol. The number of hydrogen-bond donors (Lipinski definition) is 1. The van der Waals surface area contributed by atoms with Gasteiger partial charge in [0, 0.05) is 31.7 Å². The summed E-state index contributed by atoms with van der Waals surface area (Å²) in [7, 11) is 0. The maximum Gasteiger partial charge on any atom is 0.295 e. The van der Waals surface area contributed by atoms with E-state index in [4.69, 9.17) is 18.9 Å². The molecule has 9 heteroatoms. The lowest BCUT2D eigenvalue weighted by atomic mass is 9.95. The number of hydrogen-bond acceptors (Lipinski definition) is 8. The van der Waals surface area contributed by atoms with Crippen LogP contribution in [0.5, 0.6) is 17.2 Å². The van der Waals surface area contributed by atoms with Gasteiger partial charge in [0.15, 0.2) is 11.5 Å². The summed E-state index contributed by atoms with van der Waals surface area (Å²) in [6, 6.07) is 21.5. The molecule has 42 heavy (non-hydrogen) atoms. The Hall–Kier alpha value is -4.34. The highest BCUT2D eigenvalue weighted by Crippen LogP contribution is 2.42. The van der Waals surface area contributed by atoms with Gasteiger partial charge in [-0.1, -0.05) is 42.5 Å². The maximum absolute atomic E-state index is 13.5. The van der Waals surface area contributed by atoms with Crippen molar-refractivity contribution in [2.24, 2.45) is 0 Å².